The first kappa shape index (κ1) is 50.3. The smallest absolute Gasteiger partial charge is 0.222 e. The Balaban J connectivity index is 3.75. The third-order valence-corrected chi connectivity index (χ3v) is 10.1. The van der Waals surface area contributed by atoms with Gasteiger partial charge in [0.15, 0.2) is 0 Å². The molecular formula is C47H87NO4. The average molecular weight is 730 g/mol. The van der Waals surface area contributed by atoms with Crippen LogP contribution >= 0.6 is 0 Å². The second-order valence-corrected chi connectivity index (χ2v) is 15.3. The van der Waals surface area contributed by atoms with Crippen LogP contribution in [0.15, 0.2) is 48.6 Å². The Morgan fingerprint density at radius 3 is 1.23 bits per heavy atom. The van der Waals surface area contributed by atoms with E-state index in [-0.39, 0.29) is 18.9 Å². The van der Waals surface area contributed by atoms with Crippen molar-refractivity contribution in [2.45, 2.75) is 238 Å². The van der Waals surface area contributed by atoms with Gasteiger partial charge in [-0.2, -0.15) is 0 Å². The SMILES string of the molecule is CCCCCCCCCC/C=C/CC/C=C/CC/C=C/C(O)C(CO)NC(=O)CC(O)CCCCCCC/C=C\CCCCCCCCCCCC. The van der Waals surface area contributed by atoms with Gasteiger partial charge < -0.3 is 20.6 Å². The molecule has 304 valence electrons. The summed E-state index contributed by atoms with van der Waals surface area (Å²) in [7, 11) is 0. The number of hydrogen-bond donors (Lipinski definition) is 4. The Kier molecular flexibility index (Phi) is 40.7. The van der Waals surface area contributed by atoms with E-state index < -0.39 is 18.2 Å². The molecule has 0 heterocycles. The van der Waals surface area contributed by atoms with Gasteiger partial charge in [0.25, 0.3) is 0 Å². The molecular weight excluding hydrogens is 643 g/mol. The van der Waals surface area contributed by atoms with E-state index in [4.69, 9.17) is 0 Å². The van der Waals surface area contributed by atoms with Crippen LogP contribution in [0, 0.1) is 0 Å². The topological polar surface area (TPSA) is 89.8 Å². The van der Waals surface area contributed by atoms with E-state index in [2.05, 4.69) is 55.6 Å². The predicted octanol–water partition coefficient (Wildman–Crippen LogP) is 12.9. The molecule has 0 fully saturated rings. The third-order valence-electron chi connectivity index (χ3n) is 10.1. The minimum absolute atomic E-state index is 0.00401. The molecule has 3 unspecified atom stereocenters. The van der Waals surface area contributed by atoms with Crippen LogP contribution in [0.2, 0.25) is 0 Å². The van der Waals surface area contributed by atoms with Crippen molar-refractivity contribution < 1.29 is 20.1 Å². The maximum Gasteiger partial charge on any atom is 0.222 e. The maximum atomic E-state index is 12.4. The van der Waals surface area contributed by atoms with Crippen LogP contribution < -0.4 is 5.32 Å². The van der Waals surface area contributed by atoms with Gasteiger partial charge in [-0.25, -0.2) is 0 Å². The highest BCUT2D eigenvalue weighted by Gasteiger charge is 2.20. The summed E-state index contributed by atoms with van der Waals surface area (Å²) in [5.41, 5.74) is 0. The summed E-state index contributed by atoms with van der Waals surface area (Å²) in [5, 5.41) is 33.2. The lowest BCUT2D eigenvalue weighted by atomic mass is 10.0. The minimum Gasteiger partial charge on any atom is -0.394 e. The number of amides is 1. The number of rotatable bonds is 40. The van der Waals surface area contributed by atoms with Gasteiger partial charge in [0, 0.05) is 0 Å². The highest BCUT2D eigenvalue weighted by atomic mass is 16.3. The lowest BCUT2D eigenvalue weighted by molar-refractivity contribution is -0.124. The first-order valence-corrected chi connectivity index (χ1v) is 22.4. The number of aliphatic hydroxyl groups is 3. The normalized spacial score (nSPS) is 14.0. The number of nitrogens with one attached hydrogen (secondary N) is 1. The van der Waals surface area contributed by atoms with Gasteiger partial charge in [-0.05, 0) is 70.6 Å². The fourth-order valence-corrected chi connectivity index (χ4v) is 6.60. The van der Waals surface area contributed by atoms with Gasteiger partial charge in [-0.1, -0.05) is 191 Å². The molecule has 0 aromatic rings. The third kappa shape index (κ3) is 38.0. The summed E-state index contributed by atoms with van der Waals surface area (Å²) in [6.45, 7) is 4.19. The van der Waals surface area contributed by atoms with Gasteiger partial charge in [-0.15, -0.1) is 0 Å². The lowest BCUT2D eigenvalue weighted by Crippen LogP contribution is -2.45. The van der Waals surface area contributed by atoms with E-state index in [0.717, 1.165) is 51.4 Å². The molecule has 0 aliphatic carbocycles. The fraction of sp³-hybridized carbons (Fsp3) is 0.809. The Bertz CT molecular complexity index is 850. The summed E-state index contributed by atoms with van der Waals surface area (Å²) in [6.07, 6.45) is 53.9. The molecule has 0 aliphatic rings. The Morgan fingerprint density at radius 2 is 0.827 bits per heavy atom. The van der Waals surface area contributed by atoms with E-state index in [1.54, 1.807) is 6.08 Å². The van der Waals surface area contributed by atoms with Crippen molar-refractivity contribution in [2.75, 3.05) is 6.61 Å². The Morgan fingerprint density at radius 1 is 0.481 bits per heavy atom. The molecule has 0 rings (SSSR count). The standard InChI is InChI=1S/C47H87NO4/c1-3-5-7-9-11-13-15-17-19-21-23-24-26-28-30-32-34-36-38-40-44(50)42-47(52)48-45(43-49)46(51)41-39-37-35-33-31-29-27-25-22-20-18-16-14-12-10-8-6-4-2/h22,24-26,31,33,39,41,44-46,49-51H,3-21,23,27-30,32,34-38,40,42-43H2,1-2H3,(H,48,52)/b25-22+,26-24-,33-31+,41-39+. The second-order valence-electron chi connectivity index (χ2n) is 15.3. The zero-order valence-electron chi connectivity index (χ0n) is 34.4. The van der Waals surface area contributed by atoms with Crippen LogP contribution in [0.1, 0.15) is 219 Å². The molecule has 52 heavy (non-hydrogen) atoms. The van der Waals surface area contributed by atoms with Crippen molar-refractivity contribution in [3.63, 3.8) is 0 Å². The van der Waals surface area contributed by atoms with E-state index in [1.807, 2.05) is 6.08 Å². The van der Waals surface area contributed by atoms with E-state index >= 15 is 0 Å². The second kappa shape index (κ2) is 42.1. The lowest BCUT2D eigenvalue weighted by Gasteiger charge is -2.20. The monoisotopic (exact) mass is 730 g/mol. The van der Waals surface area contributed by atoms with Crippen LogP contribution in [-0.4, -0.2) is 46.1 Å². The zero-order chi connectivity index (χ0) is 38.0. The van der Waals surface area contributed by atoms with E-state index in [1.165, 1.54) is 141 Å². The van der Waals surface area contributed by atoms with E-state index in [0.29, 0.717) is 6.42 Å². The molecule has 1 amide bonds. The van der Waals surface area contributed by atoms with Crippen LogP contribution in [0.25, 0.3) is 0 Å². The fourth-order valence-electron chi connectivity index (χ4n) is 6.60. The van der Waals surface area contributed by atoms with Crippen molar-refractivity contribution in [3.8, 4) is 0 Å². The highest BCUT2D eigenvalue weighted by molar-refractivity contribution is 5.76. The molecule has 5 nitrogen and oxygen atoms in total. The number of unbranched alkanes of at least 4 members (excludes halogenated alkanes) is 25. The molecule has 0 radical (unpaired) electrons. The average Bonchev–Trinajstić information content (AvgIpc) is 3.14. The number of carbonyl (C=O) groups excluding carboxylic acids is 1. The molecule has 0 saturated carbocycles. The quantitative estimate of drug-likeness (QED) is 0.0373. The number of carbonyl (C=O) groups is 1. The van der Waals surface area contributed by atoms with Crippen molar-refractivity contribution in [1.29, 1.82) is 0 Å². The molecule has 5 heteroatoms. The van der Waals surface area contributed by atoms with Crippen molar-refractivity contribution in [1.82, 2.24) is 5.32 Å². The zero-order valence-corrected chi connectivity index (χ0v) is 34.4. The summed E-state index contributed by atoms with van der Waals surface area (Å²) >= 11 is 0. The van der Waals surface area contributed by atoms with E-state index in [9.17, 15) is 20.1 Å². The van der Waals surface area contributed by atoms with Gasteiger partial charge >= 0.3 is 0 Å². The van der Waals surface area contributed by atoms with Crippen LogP contribution in [-0.2, 0) is 4.79 Å². The molecule has 0 aromatic carbocycles. The van der Waals surface area contributed by atoms with Crippen molar-refractivity contribution >= 4 is 5.91 Å². The molecule has 4 N–H and O–H groups in total. The van der Waals surface area contributed by atoms with Gasteiger partial charge in [0.2, 0.25) is 5.91 Å². The van der Waals surface area contributed by atoms with Crippen LogP contribution in [0.4, 0.5) is 0 Å². The summed E-state index contributed by atoms with van der Waals surface area (Å²) in [4.78, 5) is 12.4. The van der Waals surface area contributed by atoms with Crippen molar-refractivity contribution in [3.05, 3.63) is 48.6 Å². The van der Waals surface area contributed by atoms with Crippen LogP contribution in [0.3, 0.4) is 0 Å². The Hall–Kier alpha value is -1.69. The number of hydrogen-bond acceptors (Lipinski definition) is 4. The molecule has 0 aliphatic heterocycles. The molecule has 0 aromatic heterocycles. The van der Waals surface area contributed by atoms with Gasteiger partial charge in [0.05, 0.1) is 31.3 Å². The summed E-state index contributed by atoms with van der Waals surface area (Å²) in [6, 6.07) is -0.770. The Labute approximate surface area is 323 Å². The summed E-state index contributed by atoms with van der Waals surface area (Å²) in [5.74, 6) is -0.335. The molecule has 0 saturated heterocycles. The molecule has 3 atom stereocenters. The van der Waals surface area contributed by atoms with Crippen LogP contribution in [0.5, 0.6) is 0 Å². The van der Waals surface area contributed by atoms with Crippen molar-refractivity contribution in [2.24, 2.45) is 0 Å². The minimum atomic E-state index is -0.962. The predicted molar refractivity (Wildman–Crippen MR) is 227 cm³/mol. The first-order chi connectivity index (χ1) is 25.5. The maximum absolute atomic E-state index is 12.4. The largest absolute Gasteiger partial charge is 0.394 e. The first-order valence-electron chi connectivity index (χ1n) is 22.4. The van der Waals surface area contributed by atoms with Gasteiger partial charge in [0.1, 0.15) is 0 Å². The summed E-state index contributed by atoms with van der Waals surface area (Å²) < 4.78 is 0. The molecule has 0 bridgehead atoms. The molecule has 0 spiro atoms. The number of allylic oxidation sites excluding steroid dienone is 7. The van der Waals surface area contributed by atoms with Gasteiger partial charge in [-0.3, -0.25) is 4.79 Å². The number of aliphatic hydroxyl groups excluding tert-OH is 3. The highest BCUT2D eigenvalue weighted by Crippen LogP contribution is 2.14.